The second-order valence-electron chi connectivity index (χ2n) is 3.97. The van der Waals surface area contributed by atoms with Crippen molar-refractivity contribution in [1.29, 1.82) is 0 Å². The van der Waals surface area contributed by atoms with Gasteiger partial charge in [-0.15, -0.1) is 0 Å². The second-order valence-corrected chi connectivity index (χ2v) is 5.65. The van der Waals surface area contributed by atoms with Crippen LogP contribution < -0.4 is 4.72 Å². The van der Waals surface area contributed by atoms with Crippen molar-refractivity contribution < 1.29 is 8.42 Å². The van der Waals surface area contributed by atoms with E-state index in [9.17, 15) is 8.42 Å². The molecule has 2 rings (SSSR count). The van der Waals surface area contributed by atoms with Crippen molar-refractivity contribution in [3.63, 3.8) is 0 Å². The van der Waals surface area contributed by atoms with Gasteiger partial charge in [0, 0.05) is 18.1 Å². The number of hydrogen-bond acceptors (Lipinski definition) is 5. The molecule has 7 heteroatoms. The molecule has 6 nitrogen and oxygen atoms in total. The van der Waals surface area contributed by atoms with Crippen LogP contribution in [0.5, 0.6) is 0 Å². The van der Waals surface area contributed by atoms with Crippen molar-refractivity contribution in [2.75, 3.05) is 4.72 Å². The number of rotatable bonds is 4. The number of nitrogens with one attached hydrogen (secondary N) is 1. The van der Waals surface area contributed by atoms with Crippen LogP contribution in [0.15, 0.2) is 35.7 Å². The lowest BCUT2D eigenvalue weighted by atomic mass is 10.1. The summed E-state index contributed by atoms with van der Waals surface area (Å²) in [7, 11) is -3.67. The lowest BCUT2D eigenvalue weighted by Gasteiger charge is -2.09. The van der Waals surface area contributed by atoms with Crippen LogP contribution in [0.2, 0.25) is 0 Å². The zero-order chi connectivity index (χ0) is 13.9. The first-order valence-electron chi connectivity index (χ1n) is 5.77. The molecule has 0 aliphatic heterocycles. The Morgan fingerprint density at radius 1 is 1.32 bits per heavy atom. The van der Waals surface area contributed by atoms with Gasteiger partial charge < -0.3 is 0 Å². The molecular weight excluding hydrogens is 264 g/mol. The maximum absolute atomic E-state index is 12.2. The predicted octanol–water partition coefficient (Wildman–Crippen LogP) is 1.54. The molecule has 0 aliphatic rings. The van der Waals surface area contributed by atoms with Gasteiger partial charge >= 0.3 is 0 Å². The van der Waals surface area contributed by atoms with Gasteiger partial charge in [-0.2, -0.15) is 0 Å². The zero-order valence-corrected chi connectivity index (χ0v) is 11.5. The van der Waals surface area contributed by atoms with Crippen LogP contribution >= 0.6 is 0 Å². The van der Waals surface area contributed by atoms with E-state index in [-0.39, 0.29) is 10.7 Å². The number of nitrogens with zero attached hydrogens (tertiary/aromatic N) is 3. The smallest absolute Gasteiger partial charge is 0.263 e. The first-order chi connectivity index (χ1) is 9.03. The molecule has 0 bridgehead atoms. The summed E-state index contributed by atoms with van der Waals surface area (Å²) in [5, 5.41) is 0. The molecular formula is C12H14N4O2S. The molecule has 0 radical (unpaired) electrons. The van der Waals surface area contributed by atoms with E-state index in [1.807, 2.05) is 13.8 Å². The summed E-state index contributed by atoms with van der Waals surface area (Å²) in [6, 6.07) is 3.12. The Balaban J connectivity index is 2.35. The first-order valence-corrected chi connectivity index (χ1v) is 7.25. The van der Waals surface area contributed by atoms with Crippen LogP contribution in [-0.4, -0.2) is 23.4 Å². The quantitative estimate of drug-likeness (QED) is 0.917. The third-order valence-electron chi connectivity index (χ3n) is 2.68. The Labute approximate surface area is 112 Å². The third kappa shape index (κ3) is 3.05. The van der Waals surface area contributed by atoms with E-state index in [4.69, 9.17) is 0 Å². The number of sulfonamides is 1. The van der Waals surface area contributed by atoms with E-state index >= 15 is 0 Å². The molecule has 0 aliphatic carbocycles. The average Bonchev–Trinajstić information content (AvgIpc) is 2.39. The maximum atomic E-state index is 12.2. The standard InChI is InChI=1S/C12H14N4O2S/c1-3-10-6-11(7-14-9(10)2)19(17,18)16-12-4-5-13-8-15-12/h4-8H,3H2,1-2H3,(H,13,15,16). The van der Waals surface area contributed by atoms with Crippen molar-refractivity contribution in [3.8, 4) is 0 Å². The SMILES string of the molecule is CCc1cc(S(=O)(=O)Nc2ccncn2)cnc1C. The van der Waals surface area contributed by atoms with Crippen LogP contribution in [0.1, 0.15) is 18.2 Å². The van der Waals surface area contributed by atoms with E-state index in [0.717, 1.165) is 17.7 Å². The summed E-state index contributed by atoms with van der Waals surface area (Å²) in [6.07, 6.45) is 4.83. The zero-order valence-electron chi connectivity index (χ0n) is 10.7. The molecule has 2 aromatic rings. The summed E-state index contributed by atoms with van der Waals surface area (Å²) in [5.41, 5.74) is 1.74. The van der Waals surface area contributed by atoms with Crippen LogP contribution in [0, 0.1) is 6.92 Å². The molecule has 2 heterocycles. The fourth-order valence-corrected chi connectivity index (χ4v) is 2.61. The molecule has 0 saturated heterocycles. The minimum Gasteiger partial charge on any atom is -0.263 e. The number of hydrogen-bond donors (Lipinski definition) is 1. The van der Waals surface area contributed by atoms with Gasteiger partial charge in [-0.25, -0.2) is 18.4 Å². The highest BCUT2D eigenvalue weighted by Crippen LogP contribution is 2.16. The molecule has 0 amide bonds. The number of aromatic nitrogens is 3. The van der Waals surface area contributed by atoms with Gasteiger partial charge in [0.15, 0.2) is 0 Å². The molecule has 0 fully saturated rings. The van der Waals surface area contributed by atoms with Crippen molar-refractivity contribution in [1.82, 2.24) is 15.0 Å². The van der Waals surface area contributed by atoms with Crippen molar-refractivity contribution >= 4 is 15.8 Å². The summed E-state index contributed by atoms with van der Waals surface area (Å²) >= 11 is 0. The van der Waals surface area contributed by atoms with Crippen LogP contribution in [0.25, 0.3) is 0 Å². The summed E-state index contributed by atoms with van der Waals surface area (Å²) in [6.45, 7) is 3.81. The molecule has 1 N–H and O–H groups in total. The van der Waals surface area contributed by atoms with Crippen molar-refractivity contribution in [2.45, 2.75) is 25.2 Å². The van der Waals surface area contributed by atoms with Crippen molar-refractivity contribution in [2.24, 2.45) is 0 Å². The Morgan fingerprint density at radius 3 is 2.74 bits per heavy atom. The first kappa shape index (κ1) is 13.4. The predicted molar refractivity (Wildman–Crippen MR) is 71.2 cm³/mol. The van der Waals surface area contributed by atoms with Gasteiger partial charge in [-0.3, -0.25) is 9.71 Å². The number of pyridine rings is 1. The molecule has 0 spiro atoms. The largest absolute Gasteiger partial charge is 0.264 e. The molecule has 0 saturated carbocycles. The Hall–Kier alpha value is -2.02. The summed E-state index contributed by atoms with van der Waals surface area (Å²) < 4.78 is 26.7. The Kier molecular flexibility index (Phi) is 3.75. The van der Waals surface area contributed by atoms with E-state index in [2.05, 4.69) is 19.7 Å². The highest BCUT2D eigenvalue weighted by Gasteiger charge is 2.16. The number of aryl methyl sites for hydroxylation is 2. The summed E-state index contributed by atoms with van der Waals surface area (Å²) in [5.74, 6) is 0.230. The monoisotopic (exact) mass is 278 g/mol. The van der Waals surface area contributed by atoms with Gasteiger partial charge in [0.25, 0.3) is 10.0 Å². The fourth-order valence-electron chi connectivity index (χ4n) is 1.61. The molecule has 0 unspecified atom stereocenters. The maximum Gasteiger partial charge on any atom is 0.264 e. The van der Waals surface area contributed by atoms with Gasteiger partial charge in [-0.1, -0.05) is 6.92 Å². The van der Waals surface area contributed by atoms with Crippen molar-refractivity contribution in [3.05, 3.63) is 42.1 Å². The topological polar surface area (TPSA) is 84.8 Å². The Morgan fingerprint density at radius 2 is 2.11 bits per heavy atom. The van der Waals surface area contributed by atoms with Crippen LogP contribution in [0.3, 0.4) is 0 Å². The Bertz CT molecular complexity index is 671. The van der Waals surface area contributed by atoms with Crippen LogP contribution in [-0.2, 0) is 16.4 Å². The lowest BCUT2D eigenvalue weighted by molar-refractivity contribution is 0.600. The molecule has 2 aromatic heterocycles. The van der Waals surface area contributed by atoms with Gasteiger partial charge in [0.1, 0.15) is 17.0 Å². The fraction of sp³-hybridized carbons (Fsp3) is 0.250. The average molecular weight is 278 g/mol. The molecule has 100 valence electrons. The second kappa shape index (κ2) is 5.31. The van der Waals surface area contributed by atoms with Gasteiger partial charge in [0.05, 0.1) is 0 Å². The molecule has 19 heavy (non-hydrogen) atoms. The van der Waals surface area contributed by atoms with E-state index in [1.165, 1.54) is 24.8 Å². The highest BCUT2D eigenvalue weighted by molar-refractivity contribution is 7.92. The minimum absolute atomic E-state index is 0.133. The van der Waals surface area contributed by atoms with Crippen LogP contribution in [0.4, 0.5) is 5.82 Å². The minimum atomic E-state index is -3.67. The van der Waals surface area contributed by atoms with E-state index in [0.29, 0.717) is 0 Å². The third-order valence-corrected chi connectivity index (χ3v) is 4.00. The van der Waals surface area contributed by atoms with Gasteiger partial charge in [0.2, 0.25) is 0 Å². The van der Waals surface area contributed by atoms with E-state index < -0.39 is 10.0 Å². The lowest BCUT2D eigenvalue weighted by Crippen LogP contribution is -2.15. The molecule has 0 atom stereocenters. The summed E-state index contributed by atoms with van der Waals surface area (Å²) in [4.78, 5) is 11.8. The number of anilines is 1. The normalized spacial score (nSPS) is 11.3. The molecule has 0 aromatic carbocycles. The van der Waals surface area contributed by atoms with E-state index in [1.54, 1.807) is 6.07 Å². The highest BCUT2D eigenvalue weighted by atomic mass is 32.2. The van der Waals surface area contributed by atoms with Gasteiger partial charge in [-0.05, 0) is 31.0 Å².